The highest BCUT2D eigenvalue weighted by Gasteiger charge is 2.24. The predicted molar refractivity (Wildman–Crippen MR) is 108 cm³/mol. The first-order chi connectivity index (χ1) is 13.0. The molecule has 0 fully saturated rings. The largest absolute Gasteiger partial charge is 0.486 e. The van der Waals surface area contributed by atoms with Crippen LogP contribution in [0.5, 0.6) is 11.5 Å². The number of likely N-dealkylation sites (N-methyl/N-ethyl adjacent to an activating group) is 1. The van der Waals surface area contributed by atoms with Gasteiger partial charge >= 0.3 is 0 Å². The lowest BCUT2D eigenvalue weighted by Crippen LogP contribution is -2.42. The molecule has 1 N–H and O–H groups in total. The molecule has 1 heterocycles. The Bertz CT molecular complexity index is 774. The summed E-state index contributed by atoms with van der Waals surface area (Å²) >= 11 is 0. The Hall–Kier alpha value is -2.69. The van der Waals surface area contributed by atoms with E-state index in [1.165, 1.54) is 0 Å². The number of ether oxygens (including phenoxy) is 2. The third-order valence-electron chi connectivity index (χ3n) is 4.89. The van der Waals surface area contributed by atoms with Crippen molar-refractivity contribution in [1.29, 1.82) is 0 Å². The first-order valence-corrected chi connectivity index (χ1v) is 9.46. The van der Waals surface area contributed by atoms with Gasteiger partial charge in [0.2, 0.25) is 5.91 Å². The summed E-state index contributed by atoms with van der Waals surface area (Å²) in [6.07, 6.45) is 0. The van der Waals surface area contributed by atoms with E-state index >= 15 is 0 Å². The third kappa shape index (κ3) is 4.73. The zero-order valence-corrected chi connectivity index (χ0v) is 16.3. The fourth-order valence-corrected chi connectivity index (χ4v) is 3.14. The molecule has 0 aromatic heterocycles. The van der Waals surface area contributed by atoms with Gasteiger partial charge in [-0.1, -0.05) is 38.1 Å². The third-order valence-corrected chi connectivity index (χ3v) is 4.89. The number of amides is 1. The van der Waals surface area contributed by atoms with E-state index in [4.69, 9.17) is 9.47 Å². The average molecular weight is 368 g/mol. The summed E-state index contributed by atoms with van der Waals surface area (Å²) in [6.45, 7) is 9.12. The van der Waals surface area contributed by atoms with E-state index in [1.807, 2.05) is 48.5 Å². The molecule has 1 aliphatic rings. The molecule has 5 heteroatoms. The number of anilines is 1. The van der Waals surface area contributed by atoms with Gasteiger partial charge in [-0.05, 0) is 36.8 Å². The number of rotatable bonds is 7. The van der Waals surface area contributed by atoms with Crippen LogP contribution in [-0.4, -0.2) is 38.8 Å². The van der Waals surface area contributed by atoms with Crippen LogP contribution in [0.2, 0.25) is 0 Å². The number of para-hydroxylation sites is 1. The first-order valence-electron chi connectivity index (χ1n) is 9.46. The van der Waals surface area contributed by atoms with Crippen LogP contribution in [-0.2, 0) is 10.2 Å². The molecule has 1 amide bonds. The molecule has 0 spiro atoms. The van der Waals surface area contributed by atoms with Crippen LogP contribution in [0, 0.1) is 0 Å². The van der Waals surface area contributed by atoms with Crippen LogP contribution in [0.4, 0.5) is 5.69 Å². The summed E-state index contributed by atoms with van der Waals surface area (Å²) in [4.78, 5) is 14.6. The number of benzene rings is 2. The minimum atomic E-state index is -0.213. The highest BCUT2D eigenvalue weighted by molar-refractivity contribution is 5.81. The summed E-state index contributed by atoms with van der Waals surface area (Å²) < 4.78 is 11.3. The molecule has 0 aliphatic carbocycles. The maximum atomic E-state index is 12.5. The van der Waals surface area contributed by atoms with E-state index in [0.717, 1.165) is 29.3 Å². The van der Waals surface area contributed by atoms with Crippen molar-refractivity contribution in [3.63, 3.8) is 0 Å². The highest BCUT2D eigenvalue weighted by Crippen LogP contribution is 2.34. The summed E-state index contributed by atoms with van der Waals surface area (Å²) in [5, 5.41) is 3.08. The second kappa shape index (κ2) is 8.33. The van der Waals surface area contributed by atoms with Crippen molar-refractivity contribution < 1.29 is 14.3 Å². The van der Waals surface area contributed by atoms with Gasteiger partial charge in [-0.2, -0.15) is 0 Å². The van der Waals surface area contributed by atoms with Crippen molar-refractivity contribution in [2.75, 3.05) is 37.7 Å². The van der Waals surface area contributed by atoms with Crippen LogP contribution < -0.4 is 19.7 Å². The van der Waals surface area contributed by atoms with Crippen molar-refractivity contribution in [3.05, 3.63) is 54.1 Å². The van der Waals surface area contributed by atoms with Gasteiger partial charge in [-0.25, -0.2) is 0 Å². The van der Waals surface area contributed by atoms with Crippen LogP contribution in [0.1, 0.15) is 26.3 Å². The first kappa shape index (κ1) is 19.1. The van der Waals surface area contributed by atoms with Crippen LogP contribution in [0.3, 0.4) is 0 Å². The Morgan fingerprint density at radius 1 is 1.07 bits per heavy atom. The topological polar surface area (TPSA) is 50.8 Å². The van der Waals surface area contributed by atoms with Crippen molar-refractivity contribution in [2.45, 2.75) is 26.2 Å². The Balaban J connectivity index is 1.60. The second-order valence-corrected chi connectivity index (χ2v) is 7.37. The molecule has 5 nitrogen and oxygen atoms in total. The number of carbonyl (C=O) groups is 1. The van der Waals surface area contributed by atoms with E-state index in [0.29, 0.717) is 26.3 Å². The van der Waals surface area contributed by atoms with Crippen LogP contribution in [0.25, 0.3) is 0 Å². The number of fused-ring (bicyclic) bond motifs is 1. The summed E-state index contributed by atoms with van der Waals surface area (Å²) in [5.74, 6) is 1.58. The lowest BCUT2D eigenvalue weighted by Gasteiger charge is -2.29. The normalized spacial score (nSPS) is 13.1. The molecule has 0 bridgehead atoms. The number of hydrogen-bond donors (Lipinski definition) is 1. The Kier molecular flexibility index (Phi) is 5.89. The Morgan fingerprint density at radius 3 is 2.48 bits per heavy atom. The molecule has 0 saturated heterocycles. The number of carbonyl (C=O) groups excluding carboxylic acids is 1. The maximum absolute atomic E-state index is 12.5. The quantitative estimate of drug-likeness (QED) is 0.814. The van der Waals surface area contributed by atoms with Crippen molar-refractivity contribution in [3.8, 4) is 11.5 Å². The van der Waals surface area contributed by atoms with Crippen molar-refractivity contribution >= 4 is 11.6 Å². The molecule has 2 aromatic rings. The predicted octanol–water partition coefficient (Wildman–Crippen LogP) is 3.38. The number of hydrogen-bond acceptors (Lipinski definition) is 4. The van der Waals surface area contributed by atoms with E-state index in [-0.39, 0.29) is 11.3 Å². The molecule has 144 valence electrons. The lowest BCUT2D eigenvalue weighted by atomic mass is 9.84. The minimum absolute atomic E-state index is 0.0197. The molecule has 3 rings (SSSR count). The van der Waals surface area contributed by atoms with Crippen molar-refractivity contribution in [1.82, 2.24) is 5.32 Å². The van der Waals surface area contributed by atoms with Crippen LogP contribution >= 0.6 is 0 Å². The van der Waals surface area contributed by atoms with Crippen molar-refractivity contribution in [2.24, 2.45) is 0 Å². The number of nitrogens with one attached hydrogen (secondary N) is 1. The van der Waals surface area contributed by atoms with Gasteiger partial charge in [0, 0.05) is 24.2 Å². The molecule has 0 unspecified atom stereocenters. The standard InChI is InChI=1S/C22H28N2O3/c1-4-24(18-8-6-5-7-9-18)15-21(25)23-16-22(2,3)17-10-11-19-20(14-17)27-13-12-26-19/h5-11,14H,4,12-13,15-16H2,1-3H3,(H,23,25). The van der Waals surface area contributed by atoms with Gasteiger partial charge in [0.25, 0.3) is 0 Å². The van der Waals surface area contributed by atoms with E-state index in [2.05, 4.69) is 31.0 Å². The van der Waals surface area contributed by atoms with E-state index in [9.17, 15) is 4.79 Å². The van der Waals surface area contributed by atoms with Gasteiger partial charge in [-0.3, -0.25) is 4.79 Å². The zero-order valence-electron chi connectivity index (χ0n) is 16.3. The highest BCUT2D eigenvalue weighted by atomic mass is 16.6. The molecule has 0 saturated carbocycles. The summed E-state index contributed by atoms with van der Waals surface area (Å²) in [6, 6.07) is 16.0. The van der Waals surface area contributed by atoms with E-state index < -0.39 is 0 Å². The zero-order chi connectivity index (χ0) is 19.3. The fraction of sp³-hybridized carbons (Fsp3) is 0.409. The second-order valence-electron chi connectivity index (χ2n) is 7.37. The number of nitrogens with zero attached hydrogens (tertiary/aromatic N) is 1. The van der Waals surface area contributed by atoms with Gasteiger partial charge in [0.15, 0.2) is 11.5 Å². The smallest absolute Gasteiger partial charge is 0.239 e. The minimum Gasteiger partial charge on any atom is -0.486 e. The van der Waals surface area contributed by atoms with Gasteiger partial charge in [0.1, 0.15) is 13.2 Å². The van der Waals surface area contributed by atoms with Gasteiger partial charge in [-0.15, -0.1) is 0 Å². The Morgan fingerprint density at radius 2 is 1.78 bits per heavy atom. The van der Waals surface area contributed by atoms with Crippen LogP contribution in [0.15, 0.2) is 48.5 Å². The molecular weight excluding hydrogens is 340 g/mol. The van der Waals surface area contributed by atoms with E-state index in [1.54, 1.807) is 0 Å². The Labute approximate surface area is 161 Å². The maximum Gasteiger partial charge on any atom is 0.239 e. The monoisotopic (exact) mass is 368 g/mol. The van der Waals surface area contributed by atoms with Gasteiger partial charge < -0.3 is 19.7 Å². The molecule has 27 heavy (non-hydrogen) atoms. The molecule has 0 atom stereocenters. The lowest BCUT2D eigenvalue weighted by molar-refractivity contribution is -0.120. The SMILES string of the molecule is CCN(CC(=O)NCC(C)(C)c1ccc2c(c1)OCCO2)c1ccccc1. The average Bonchev–Trinajstić information content (AvgIpc) is 2.71. The van der Waals surface area contributed by atoms with Gasteiger partial charge in [0.05, 0.1) is 6.54 Å². The molecule has 1 aliphatic heterocycles. The summed E-state index contributed by atoms with van der Waals surface area (Å²) in [7, 11) is 0. The molecular formula is C22H28N2O3. The summed E-state index contributed by atoms with van der Waals surface area (Å²) in [5.41, 5.74) is 1.96. The fourth-order valence-electron chi connectivity index (χ4n) is 3.14. The molecule has 2 aromatic carbocycles. The molecule has 0 radical (unpaired) electrons.